The molecule has 0 unspecified atom stereocenters. The lowest BCUT2D eigenvalue weighted by atomic mass is 10.2. The average molecular weight is 243 g/mol. The van der Waals surface area contributed by atoms with E-state index in [9.17, 15) is 5.11 Å². The monoisotopic (exact) mass is 243 g/mol. The minimum atomic E-state index is -0.407. The summed E-state index contributed by atoms with van der Waals surface area (Å²) in [4.78, 5) is 0. The van der Waals surface area contributed by atoms with Crippen LogP contribution in [0.5, 0.6) is 5.88 Å². The average Bonchev–Trinajstić information content (AvgIpc) is 2.61. The van der Waals surface area contributed by atoms with E-state index in [1.165, 1.54) is 0 Å². The van der Waals surface area contributed by atoms with E-state index in [1.54, 1.807) is 10.6 Å². The molecule has 92 valence electrons. The largest absolute Gasteiger partial charge is 0.493 e. The van der Waals surface area contributed by atoms with Crippen molar-refractivity contribution in [2.75, 3.05) is 0 Å². The van der Waals surface area contributed by atoms with Crippen molar-refractivity contribution in [2.45, 2.75) is 6.54 Å². The topological polar surface area (TPSA) is 99.7 Å². The van der Waals surface area contributed by atoms with Crippen molar-refractivity contribution in [3.63, 3.8) is 0 Å². The summed E-state index contributed by atoms with van der Waals surface area (Å²) in [5, 5.41) is 25.2. The number of nitrogens with zero attached hydrogens (tertiary/aromatic N) is 3. The van der Waals surface area contributed by atoms with Gasteiger partial charge in [0, 0.05) is 11.9 Å². The molecule has 0 saturated carbocycles. The molecule has 0 aliphatic carbocycles. The van der Waals surface area contributed by atoms with Crippen molar-refractivity contribution in [1.82, 2.24) is 4.57 Å². The van der Waals surface area contributed by atoms with E-state index in [1.807, 2.05) is 24.3 Å². The molecule has 2 rings (SSSR count). The molecule has 0 fully saturated rings. The summed E-state index contributed by atoms with van der Waals surface area (Å²) in [6, 6.07) is 7.40. The van der Waals surface area contributed by atoms with Crippen LogP contribution >= 0.6 is 0 Å². The van der Waals surface area contributed by atoms with Crippen LogP contribution in [0, 0.1) is 5.41 Å². The molecule has 6 heteroatoms. The number of guanidine groups is 1. The molecule has 0 spiro atoms. The summed E-state index contributed by atoms with van der Waals surface area (Å²) in [7, 11) is 0. The SMILES string of the molecule is C=CCn1c(O)c(N=NC(=N)N)c2ccccc21. The highest BCUT2D eigenvalue weighted by Gasteiger charge is 2.15. The number of aromatic nitrogens is 1. The van der Waals surface area contributed by atoms with Crippen molar-refractivity contribution >= 4 is 22.5 Å². The first-order valence-corrected chi connectivity index (χ1v) is 5.32. The summed E-state index contributed by atoms with van der Waals surface area (Å²) in [5.74, 6) is -0.420. The van der Waals surface area contributed by atoms with Gasteiger partial charge in [0.1, 0.15) is 0 Å². The van der Waals surface area contributed by atoms with E-state index >= 15 is 0 Å². The number of fused-ring (bicyclic) bond motifs is 1. The highest BCUT2D eigenvalue weighted by molar-refractivity contribution is 5.95. The number of nitrogens with two attached hydrogens (primary N) is 1. The zero-order chi connectivity index (χ0) is 13.1. The van der Waals surface area contributed by atoms with Gasteiger partial charge in [-0.1, -0.05) is 24.3 Å². The fraction of sp³-hybridized carbons (Fsp3) is 0.0833. The Morgan fingerprint density at radius 3 is 2.89 bits per heavy atom. The van der Waals surface area contributed by atoms with Crippen LogP contribution in [0.2, 0.25) is 0 Å². The second-order valence-electron chi connectivity index (χ2n) is 3.67. The van der Waals surface area contributed by atoms with Crippen molar-refractivity contribution in [2.24, 2.45) is 16.0 Å². The van der Waals surface area contributed by atoms with Crippen LogP contribution in [0.3, 0.4) is 0 Å². The molecule has 0 radical (unpaired) electrons. The second-order valence-corrected chi connectivity index (χ2v) is 3.67. The van der Waals surface area contributed by atoms with Gasteiger partial charge in [-0.25, -0.2) is 0 Å². The number of nitrogens with one attached hydrogen (secondary N) is 1. The van der Waals surface area contributed by atoms with Gasteiger partial charge in [0.15, 0.2) is 5.69 Å². The molecule has 0 atom stereocenters. The Kier molecular flexibility index (Phi) is 3.09. The first-order chi connectivity index (χ1) is 8.65. The van der Waals surface area contributed by atoms with Crippen molar-refractivity contribution in [1.29, 1.82) is 5.41 Å². The first kappa shape index (κ1) is 11.8. The Morgan fingerprint density at radius 1 is 1.50 bits per heavy atom. The van der Waals surface area contributed by atoms with E-state index in [0.717, 1.165) is 10.9 Å². The summed E-state index contributed by atoms with van der Waals surface area (Å²) in [6.45, 7) is 4.11. The van der Waals surface area contributed by atoms with Gasteiger partial charge in [-0.2, -0.15) is 0 Å². The molecule has 0 bridgehead atoms. The number of rotatable bonds is 3. The number of hydrogen-bond donors (Lipinski definition) is 3. The van der Waals surface area contributed by atoms with Gasteiger partial charge in [-0.15, -0.1) is 16.8 Å². The van der Waals surface area contributed by atoms with Gasteiger partial charge in [0.05, 0.1) is 5.52 Å². The fourth-order valence-electron chi connectivity index (χ4n) is 1.79. The molecular formula is C12H13N5O. The maximum absolute atomic E-state index is 10.1. The molecule has 0 amide bonds. The maximum atomic E-state index is 10.1. The van der Waals surface area contributed by atoms with E-state index in [2.05, 4.69) is 16.8 Å². The molecule has 2 aromatic rings. The Balaban J connectivity index is 2.68. The van der Waals surface area contributed by atoms with Gasteiger partial charge in [0.2, 0.25) is 11.8 Å². The number of aromatic hydroxyl groups is 1. The molecule has 18 heavy (non-hydrogen) atoms. The van der Waals surface area contributed by atoms with Gasteiger partial charge in [-0.05, 0) is 6.07 Å². The third-order valence-corrected chi connectivity index (χ3v) is 2.49. The van der Waals surface area contributed by atoms with E-state index in [0.29, 0.717) is 12.2 Å². The Morgan fingerprint density at radius 2 is 2.22 bits per heavy atom. The van der Waals surface area contributed by atoms with Crippen LogP contribution in [0.1, 0.15) is 0 Å². The second kappa shape index (κ2) is 4.70. The standard InChI is InChI=1S/C12H13N5O/c1-2-7-17-9-6-4-3-5-8(9)10(11(17)18)15-16-12(13)14/h2-6,18H,1,7H2,(H3,13,14). The third kappa shape index (κ3) is 1.95. The lowest BCUT2D eigenvalue weighted by Crippen LogP contribution is -2.03. The fourth-order valence-corrected chi connectivity index (χ4v) is 1.79. The van der Waals surface area contributed by atoms with E-state index < -0.39 is 5.96 Å². The molecule has 0 aliphatic rings. The molecule has 0 saturated heterocycles. The molecule has 1 aromatic heterocycles. The highest BCUT2D eigenvalue weighted by Crippen LogP contribution is 2.38. The molecular weight excluding hydrogens is 230 g/mol. The number of para-hydroxylation sites is 1. The van der Waals surface area contributed by atoms with Crippen LogP contribution in [0.15, 0.2) is 47.1 Å². The number of benzene rings is 1. The van der Waals surface area contributed by atoms with Gasteiger partial charge in [-0.3, -0.25) is 5.41 Å². The number of hydrogen-bond acceptors (Lipinski definition) is 3. The van der Waals surface area contributed by atoms with Gasteiger partial charge in [0.25, 0.3) is 0 Å². The van der Waals surface area contributed by atoms with Crippen molar-refractivity contribution < 1.29 is 5.11 Å². The lowest BCUT2D eigenvalue weighted by Gasteiger charge is -2.01. The smallest absolute Gasteiger partial charge is 0.232 e. The summed E-state index contributed by atoms with van der Waals surface area (Å²) in [6.07, 6.45) is 1.68. The predicted molar refractivity (Wildman–Crippen MR) is 70.2 cm³/mol. The van der Waals surface area contributed by atoms with E-state index in [-0.39, 0.29) is 5.88 Å². The highest BCUT2D eigenvalue weighted by atomic mass is 16.3. The minimum Gasteiger partial charge on any atom is -0.493 e. The number of azo groups is 1. The third-order valence-electron chi connectivity index (χ3n) is 2.49. The Bertz CT molecular complexity index is 641. The zero-order valence-electron chi connectivity index (χ0n) is 9.67. The summed E-state index contributed by atoms with van der Waals surface area (Å²) >= 11 is 0. The zero-order valence-corrected chi connectivity index (χ0v) is 9.67. The normalized spacial score (nSPS) is 11.1. The van der Waals surface area contributed by atoms with Gasteiger partial charge >= 0.3 is 0 Å². The molecule has 1 heterocycles. The molecule has 6 nitrogen and oxygen atoms in total. The minimum absolute atomic E-state index is 0.0129. The quantitative estimate of drug-likeness (QED) is 0.334. The van der Waals surface area contributed by atoms with Crippen LogP contribution in [-0.4, -0.2) is 15.6 Å². The van der Waals surface area contributed by atoms with Crippen LogP contribution in [0.4, 0.5) is 5.69 Å². The maximum Gasteiger partial charge on any atom is 0.232 e. The Labute approximate surface area is 104 Å². The van der Waals surface area contributed by atoms with E-state index in [4.69, 9.17) is 11.1 Å². The van der Waals surface area contributed by atoms with Gasteiger partial charge < -0.3 is 15.4 Å². The predicted octanol–water partition coefficient (Wildman–Crippen LogP) is 2.51. The first-order valence-electron chi connectivity index (χ1n) is 5.32. The number of allylic oxidation sites excluding steroid dienone is 1. The summed E-state index contributed by atoms with van der Waals surface area (Å²) < 4.78 is 1.66. The lowest BCUT2D eigenvalue weighted by molar-refractivity contribution is 0.431. The van der Waals surface area contributed by atoms with Crippen molar-refractivity contribution in [3.05, 3.63) is 36.9 Å². The Hall–Kier alpha value is -2.63. The molecule has 1 aromatic carbocycles. The van der Waals surface area contributed by atoms with Crippen molar-refractivity contribution in [3.8, 4) is 5.88 Å². The molecule has 0 aliphatic heterocycles. The molecule has 4 N–H and O–H groups in total. The summed E-state index contributed by atoms with van der Waals surface area (Å²) in [5.41, 5.74) is 6.25. The van der Waals surface area contributed by atoms with Crippen LogP contribution in [0.25, 0.3) is 10.9 Å². The van der Waals surface area contributed by atoms with Crippen LogP contribution in [-0.2, 0) is 6.54 Å². The van der Waals surface area contributed by atoms with Crippen LogP contribution < -0.4 is 5.73 Å².